The average molecular weight is 973 g/mol. The van der Waals surface area contributed by atoms with E-state index in [2.05, 4.69) is 78.9 Å². The number of anilines is 3. The zero-order valence-corrected chi connectivity index (χ0v) is 40.1. The van der Waals surface area contributed by atoms with Gasteiger partial charge in [-0.25, -0.2) is 14.0 Å². The Balaban J connectivity index is 0.000000279. The van der Waals surface area contributed by atoms with Crippen molar-refractivity contribution in [1.82, 2.24) is 24.8 Å². The Morgan fingerprint density at radius 2 is 1.70 bits per heavy atom. The van der Waals surface area contributed by atoms with E-state index >= 15 is 0 Å². The fourth-order valence-electron chi connectivity index (χ4n) is 8.15. The fourth-order valence-corrected chi connectivity index (χ4v) is 9.12. The molecule has 0 spiro atoms. The predicted octanol–water partition coefficient (Wildman–Crippen LogP) is 10.1. The van der Waals surface area contributed by atoms with Crippen LogP contribution in [0.15, 0.2) is 121 Å². The van der Waals surface area contributed by atoms with E-state index in [1.807, 2.05) is 61.7 Å². The molecular weight excluding hydrogens is 913 g/mol. The molecule has 362 valence electrons. The molecule has 7 aromatic rings. The molecule has 4 aromatic heterocycles. The summed E-state index contributed by atoms with van der Waals surface area (Å²) in [6, 6.07) is 26.8. The molecule has 0 bridgehead atoms. The number of aromatic amines is 2. The molecule has 6 heterocycles. The summed E-state index contributed by atoms with van der Waals surface area (Å²) in [5, 5.41) is 13.2. The summed E-state index contributed by atoms with van der Waals surface area (Å²) in [6.07, 6.45) is 10.8. The highest BCUT2D eigenvalue weighted by Gasteiger charge is 2.22. The second-order valence-electron chi connectivity index (χ2n) is 16.2. The van der Waals surface area contributed by atoms with Gasteiger partial charge in [0.25, 0.3) is 5.56 Å². The van der Waals surface area contributed by atoms with Gasteiger partial charge in [-0.2, -0.15) is 0 Å². The van der Waals surface area contributed by atoms with E-state index < -0.39 is 17.0 Å². The van der Waals surface area contributed by atoms with Crippen molar-refractivity contribution in [3.05, 3.63) is 154 Å². The lowest BCUT2D eigenvalue weighted by molar-refractivity contribution is 0.0202. The Hall–Kier alpha value is -6.95. The van der Waals surface area contributed by atoms with Gasteiger partial charge >= 0.3 is 5.97 Å². The van der Waals surface area contributed by atoms with Crippen LogP contribution in [-0.4, -0.2) is 78.7 Å². The molecule has 0 amide bonds. The van der Waals surface area contributed by atoms with Crippen molar-refractivity contribution < 1.29 is 28.3 Å². The van der Waals surface area contributed by atoms with Gasteiger partial charge in [-0.1, -0.05) is 45.4 Å². The third-order valence-electron chi connectivity index (χ3n) is 11.7. The number of carboxylic acid groups (broad SMARTS) is 1. The van der Waals surface area contributed by atoms with Gasteiger partial charge in [0.1, 0.15) is 46.2 Å². The van der Waals surface area contributed by atoms with Crippen molar-refractivity contribution in [2.24, 2.45) is 7.05 Å². The minimum Gasteiger partial charge on any atom is -0.491 e. The van der Waals surface area contributed by atoms with Gasteiger partial charge in [-0.3, -0.25) is 4.79 Å². The first-order valence-corrected chi connectivity index (χ1v) is 24.9. The topological polar surface area (TPSA) is 188 Å². The monoisotopic (exact) mass is 972 g/mol. The summed E-state index contributed by atoms with van der Waals surface area (Å²) in [6.45, 7) is 9.36. The first kappa shape index (κ1) is 49.9. The zero-order chi connectivity index (χ0) is 47.6. The normalized spacial score (nSPS) is 13.7. The molecular formula is C52H60N8O7S2. The number of nitrogens with zero attached hydrogens (tertiary/aromatic N) is 3. The summed E-state index contributed by atoms with van der Waals surface area (Å²) in [4.78, 5) is 36.6. The number of carbonyl (C=O) groups is 1. The highest BCUT2D eigenvalue weighted by Crippen LogP contribution is 2.39. The molecule has 0 saturated carbocycles. The van der Waals surface area contributed by atoms with E-state index in [0.29, 0.717) is 47.4 Å². The van der Waals surface area contributed by atoms with Crippen LogP contribution in [-0.2, 0) is 29.3 Å². The SMILES string of the molecule is C.CCS(=O)Nc1ccc(Oc2cccc(OCCOC3CCN(c4ccc(C(=O)O)cn4)CC3)c2)c(-c2cn(C)c(=O)c3[nH]ccc23)c1.CCSNc1ccc(C)c(C2=CNCc3[nH]ccc32)c1. The number of aromatic nitrogens is 4. The highest BCUT2D eigenvalue weighted by atomic mass is 32.2. The number of piperidine rings is 1. The number of carboxylic acids is 1. The number of H-pyrrole nitrogens is 2. The zero-order valence-electron chi connectivity index (χ0n) is 38.5. The van der Waals surface area contributed by atoms with Crippen LogP contribution in [0.5, 0.6) is 17.2 Å². The Morgan fingerprint density at radius 1 is 0.913 bits per heavy atom. The minimum absolute atomic E-state index is 0. The molecule has 6 N–H and O–H groups in total. The number of aromatic carboxylic acids is 1. The van der Waals surface area contributed by atoms with E-state index in [-0.39, 0.29) is 24.7 Å². The summed E-state index contributed by atoms with van der Waals surface area (Å²) in [5.74, 6) is 3.05. The molecule has 9 rings (SSSR count). The summed E-state index contributed by atoms with van der Waals surface area (Å²) < 4.78 is 38.7. The molecule has 15 nitrogen and oxygen atoms in total. The smallest absolute Gasteiger partial charge is 0.337 e. The molecule has 1 saturated heterocycles. The van der Waals surface area contributed by atoms with Gasteiger partial charge in [-0.15, -0.1) is 0 Å². The van der Waals surface area contributed by atoms with Crippen molar-refractivity contribution in [3.63, 3.8) is 0 Å². The van der Waals surface area contributed by atoms with Crippen LogP contribution in [0.1, 0.15) is 66.9 Å². The highest BCUT2D eigenvalue weighted by molar-refractivity contribution is 8.00. The van der Waals surface area contributed by atoms with E-state index in [1.165, 1.54) is 38.7 Å². The van der Waals surface area contributed by atoms with E-state index in [4.69, 9.17) is 19.3 Å². The van der Waals surface area contributed by atoms with Crippen LogP contribution < -0.4 is 34.7 Å². The molecule has 1 fully saturated rings. The van der Waals surface area contributed by atoms with Crippen molar-refractivity contribution in [3.8, 4) is 28.4 Å². The van der Waals surface area contributed by atoms with Crippen molar-refractivity contribution in [2.45, 2.75) is 53.7 Å². The molecule has 0 radical (unpaired) electrons. The Labute approximate surface area is 409 Å². The van der Waals surface area contributed by atoms with E-state index in [0.717, 1.165) is 66.2 Å². The van der Waals surface area contributed by atoms with Crippen molar-refractivity contribution in [2.75, 3.05) is 52.2 Å². The number of hydrogen-bond donors (Lipinski definition) is 6. The number of pyridine rings is 2. The van der Waals surface area contributed by atoms with Crippen LogP contribution in [0.25, 0.3) is 27.6 Å². The Morgan fingerprint density at radius 3 is 2.46 bits per heavy atom. The Bertz CT molecular complexity index is 2980. The maximum atomic E-state index is 12.7. The number of ether oxygens (including phenoxy) is 3. The maximum absolute atomic E-state index is 12.7. The first-order valence-electron chi connectivity index (χ1n) is 22.6. The van der Waals surface area contributed by atoms with Gasteiger partial charge in [0, 0.05) is 113 Å². The van der Waals surface area contributed by atoms with Crippen LogP contribution in [0.3, 0.4) is 0 Å². The van der Waals surface area contributed by atoms with Gasteiger partial charge in [0.15, 0.2) is 0 Å². The van der Waals surface area contributed by atoms with Gasteiger partial charge in [0.05, 0.1) is 24.8 Å². The molecule has 2 aliphatic rings. The molecule has 3 aromatic carbocycles. The van der Waals surface area contributed by atoms with Gasteiger partial charge in [-0.05, 0) is 97.6 Å². The third-order valence-corrected chi connectivity index (χ3v) is 13.3. The number of fused-ring (bicyclic) bond motifs is 2. The van der Waals surface area contributed by atoms with E-state index in [9.17, 15) is 13.8 Å². The second kappa shape index (κ2) is 23.4. The first-order chi connectivity index (χ1) is 33.1. The van der Waals surface area contributed by atoms with Crippen LogP contribution in [0.4, 0.5) is 17.2 Å². The Kier molecular flexibility index (Phi) is 16.9. The number of benzene rings is 3. The maximum Gasteiger partial charge on any atom is 0.337 e. The fraction of sp³-hybridized carbons (Fsp3) is 0.288. The lowest BCUT2D eigenvalue weighted by atomic mass is 9.93. The van der Waals surface area contributed by atoms with Crippen LogP contribution >= 0.6 is 11.9 Å². The number of aryl methyl sites for hydroxylation is 2. The summed E-state index contributed by atoms with van der Waals surface area (Å²) in [5.41, 5.74) is 10.2. The lowest BCUT2D eigenvalue weighted by Crippen LogP contribution is -2.38. The molecule has 2 aliphatic heterocycles. The number of rotatable bonds is 17. The second-order valence-corrected chi connectivity index (χ2v) is 18.8. The third kappa shape index (κ3) is 12.2. The van der Waals surface area contributed by atoms with Crippen molar-refractivity contribution in [1.29, 1.82) is 0 Å². The predicted molar refractivity (Wildman–Crippen MR) is 280 cm³/mol. The average Bonchev–Trinajstić information content (AvgIpc) is 4.06. The summed E-state index contributed by atoms with van der Waals surface area (Å²) in [7, 11) is 0.469. The van der Waals surface area contributed by atoms with Crippen LogP contribution in [0.2, 0.25) is 0 Å². The van der Waals surface area contributed by atoms with Gasteiger partial charge in [0.2, 0.25) is 0 Å². The largest absolute Gasteiger partial charge is 0.491 e. The van der Waals surface area contributed by atoms with Gasteiger partial charge < -0.3 is 53.5 Å². The minimum atomic E-state index is -1.24. The van der Waals surface area contributed by atoms with Crippen molar-refractivity contribution >= 4 is 62.6 Å². The number of hydrogen-bond acceptors (Lipinski definition) is 11. The van der Waals surface area contributed by atoms with E-state index in [1.54, 1.807) is 43.5 Å². The molecule has 1 unspecified atom stereocenters. The molecule has 69 heavy (non-hydrogen) atoms. The molecule has 17 heteroatoms. The summed E-state index contributed by atoms with van der Waals surface area (Å²) >= 11 is 1.72. The lowest BCUT2D eigenvalue weighted by Gasteiger charge is -2.32. The quantitative estimate of drug-likeness (QED) is 0.0375. The number of nitrogens with one attached hydrogen (secondary N) is 5. The molecule has 0 aliphatic carbocycles. The van der Waals surface area contributed by atoms with Crippen LogP contribution in [0, 0.1) is 6.92 Å². The standard InChI is InChI=1S/C35H37N5O7S.C16H19N3S.CH4/c1-3-48(44)38-24-8-9-31(29(19-24)30-22-39(2)34(41)33-28(30)11-14-36-33)47-27-6-4-5-26(20-27)46-18-17-45-25-12-15-40(16-13-25)32-10-7-23(21-37-32)35(42)43;1-3-20-19-12-5-4-11(2)14(8-12)15-9-17-10-16-13(15)6-7-18-16;/h4-11,14,19-22,25,36,38H,3,12-13,15-18H2,1-2H3,(H,42,43);4-9,17-19H,3,10H2,1-2H3;1H4. The molecule has 1 atom stereocenters.